The number of para-hydroxylation sites is 2. The molecule has 0 spiro atoms. The maximum atomic E-state index is 13.5. The molecule has 3 rings (SSSR count). The van der Waals surface area contributed by atoms with E-state index in [9.17, 15) is 18.0 Å². The van der Waals surface area contributed by atoms with Crippen molar-refractivity contribution in [1.82, 2.24) is 20.3 Å². The number of rotatable bonds is 9. The molecule has 1 aliphatic rings. The molecule has 0 bridgehead atoms. The topological polar surface area (TPSA) is 143 Å². The van der Waals surface area contributed by atoms with Crippen LogP contribution in [0.2, 0.25) is 0 Å². The van der Waals surface area contributed by atoms with Crippen LogP contribution >= 0.6 is 0 Å². The van der Waals surface area contributed by atoms with Crippen molar-refractivity contribution in [3.8, 4) is 0 Å². The van der Waals surface area contributed by atoms with Crippen molar-refractivity contribution in [2.24, 2.45) is 10.9 Å². The summed E-state index contributed by atoms with van der Waals surface area (Å²) in [6.07, 6.45) is 5.98. The Labute approximate surface area is 206 Å². The van der Waals surface area contributed by atoms with Crippen molar-refractivity contribution < 1.29 is 22.4 Å². The summed E-state index contributed by atoms with van der Waals surface area (Å²) in [5.74, 6) is -0.945. The standard InChI is InChI=1S/C24H35N5O5S/c1-5-17(21(30)23-27-18-13-9-10-14-19(18)34-23)26-22(31)20(16-11-7-6-8-12-16)28-24(25-15(2)3)29-35(4,32)33/h9-10,13-17,20H,5-8,11-12H2,1-4H3,(H,26,31)(H2,25,28,29). The van der Waals surface area contributed by atoms with Gasteiger partial charge in [-0.05, 0) is 51.2 Å². The number of ketones is 1. The van der Waals surface area contributed by atoms with E-state index in [4.69, 9.17) is 4.42 Å². The summed E-state index contributed by atoms with van der Waals surface area (Å²) in [5, 5.41) is 5.81. The Morgan fingerprint density at radius 2 is 1.83 bits per heavy atom. The highest BCUT2D eigenvalue weighted by Gasteiger charge is 2.33. The Morgan fingerprint density at radius 3 is 2.43 bits per heavy atom. The average Bonchev–Trinajstić information content (AvgIpc) is 3.24. The number of nitrogens with one attached hydrogen (secondary N) is 3. The average molecular weight is 506 g/mol. The first kappa shape index (κ1) is 26.7. The van der Waals surface area contributed by atoms with E-state index < -0.39 is 33.8 Å². The van der Waals surface area contributed by atoms with Crippen LogP contribution in [-0.4, -0.2) is 55.4 Å². The molecule has 2 atom stereocenters. The van der Waals surface area contributed by atoms with Crippen molar-refractivity contribution in [1.29, 1.82) is 0 Å². The molecule has 0 saturated heterocycles. The third-order valence-electron chi connectivity index (χ3n) is 5.89. The Kier molecular flexibility index (Phi) is 8.87. The van der Waals surface area contributed by atoms with Gasteiger partial charge in [-0.2, -0.15) is 0 Å². The zero-order valence-corrected chi connectivity index (χ0v) is 21.5. The van der Waals surface area contributed by atoms with Crippen LogP contribution in [0.4, 0.5) is 0 Å². The van der Waals surface area contributed by atoms with Gasteiger partial charge in [-0.25, -0.2) is 18.4 Å². The molecule has 10 nitrogen and oxygen atoms in total. The highest BCUT2D eigenvalue weighted by molar-refractivity contribution is 7.89. The third-order valence-corrected chi connectivity index (χ3v) is 6.45. The summed E-state index contributed by atoms with van der Waals surface area (Å²) < 4.78 is 31.8. The van der Waals surface area contributed by atoms with E-state index in [1.54, 1.807) is 31.2 Å². The molecule has 0 radical (unpaired) electrons. The second-order valence-electron chi connectivity index (χ2n) is 9.31. The second-order valence-corrected chi connectivity index (χ2v) is 11.1. The number of oxazole rings is 1. The van der Waals surface area contributed by atoms with Crippen molar-refractivity contribution in [3.05, 3.63) is 30.2 Å². The van der Waals surface area contributed by atoms with Gasteiger partial charge < -0.3 is 15.1 Å². The molecular weight excluding hydrogens is 470 g/mol. The molecule has 192 valence electrons. The molecule has 2 unspecified atom stereocenters. The molecule has 11 heteroatoms. The van der Waals surface area contributed by atoms with Crippen LogP contribution in [-0.2, 0) is 14.8 Å². The van der Waals surface area contributed by atoms with Crippen LogP contribution in [0.15, 0.2) is 33.7 Å². The first-order valence-electron chi connectivity index (χ1n) is 12.1. The van der Waals surface area contributed by atoms with E-state index >= 15 is 0 Å². The van der Waals surface area contributed by atoms with E-state index in [0.717, 1.165) is 38.4 Å². The number of benzene rings is 1. The number of amides is 1. The van der Waals surface area contributed by atoms with Gasteiger partial charge in [0, 0.05) is 6.04 Å². The lowest BCUT2D eigenvalue weighted by Gasteiger charge is -2.29. The van der Waals surface area contributed by atoms with Gasteiger partial charge in [0.1, 0.15) is 11.6 Å². The fourth-order valence-electron chi connectivity index (χ4n) is 4.25. The molecule has 3 N–H and O–H groups in total. The van der Waals surface area contributed by atoms with Crippen molar-refractivity contribution in [3.63, 3.8) is 0 Å². The van der Waals surface area contributed by atoms with Gasteiger partial charge in [-0.15, -0.1) is 0 Å². The lowest BCUT2D eigenvalue weighted by molar-refractivity contribution is -0.124. The summed E-state index contributed by atoms with van der Waals surface area (Å²) in [4.78, 5) is 35.4. The predicted molar refractivity (Wildman–Crippen MR) is 135 cm³/mol. The number of carbonyl (C=O) groups excluding carboxylic acids is 2. The fourth-order valence-corrected chi connectivity index (χ4v) is 4.71. The first-order valence-corrected chi connectivity index (χ1v) is 14.0. The number of nitrogens with zero attached hydrogens (tertiary/aromatic N) is 2. The molecule has 1 saturated carbocycles. The second kappa shape index (κ2) is 11.7. The zero-order chi connectivity index (χ0) is 25.6. The van der Waals surface area contributed by atoms with Crippen LogP contribution in [0.3, 0.4) is 0 Å². The SMILES string of the molecule is CCC(NC(=O)C(N=C(NC(C)C)NS(C)(=O)=O)C1CCCCC1)C(=O)c1nc2ccccc2o1. The first-order chi connectivity index (χ1) is 16.6. The number of guanidine groups is 1. The summed E-state index contributed by atoms with van der Waals surface area (Å²) in [6, 6.07) is 5.27. The Hall–Kier alpha value is -2.95. The number of carbonyl (C=O) groups is 2. The zero-order valence-electron chi connectivity index (χ0n) is 20.7. The van der Waals surface area contributed by atoms with Gasteiger partial charge in [-0.3, -0.25) is 14.3 Å². The van der Waals surface area contributed by atoms with Gasteiger partial charge in [0.2, 0.25) is 27.7 Å². The number of sulfonamides is 1. The molecular formula is C24H35N5O5S. The quantitative estimate of drug-likeness (QED) is 0.270. The van der Waals surface area contributed by atoms with Gasteiger partial charge in [0.15, 0.2) is 5.58 Å². The van der Waals surface area contributed by atoms with Gasteiger partial charge in [0.05, 0.1) is 12.3 Å². The monoisotopic (exact) mass is 505 g/mol. The molecule has 1 fully saturated rings. The molecule has 1 aromatic heterocycles. The molecule has 35 heavy (non-hydrogen) atoms. The Bertz CT molecular complexity index is 1130. The summed E-state index contributed by atoms with van der Waals surface area (Å²) in [5.41, 5.74) is 1.07. The largest absolute Gasteiger partial charge is 0.434 e. The number of hydrogen-bond donors (Lipinski definition) is 3. The molecule has 2 aromatic rings. The van der Waals surface area contributed by atoms with Crippen LogP contribution in [0.25, 0.3) is 11.1 Å². The predicted octanol–water partition coefficient (Wildman–Crippen LogP) is 2.76. The smallest absolute Gasteiger partial charge is 0.266 e. The van der Waals surface area contributed by atoms with Crippen LogP contribution in [0, 0.1) is 5.92 Å². The summed E-state index contributed by atoms with van der Waals surface area (Å²) in [6.45, 7) is 5.49. The number of aromatic nitrogens is 1. The molecule has 1 aromatic carbocycles. The van der Waals surface area contributed by atoms with Crippen LogP contribution in [0.5, 0.6) is 0 Å². The van der Waals surface area contributed by atoms with Crippen LogP contribution in [0.1, 0.15) is 70.0 Å². The molecule has 1 aliphatic carbocycles. The highest BCUT2D eigenvalue weighted by Crippen LogP contribution is 2.28. The molecule has 1 heterocycles. The summed E-state index contributed by atoms with van der Waals surface area (Å²) in [7, 11) is -3.61. The molecule has 0 aliphatic heterocycles. The number of hydrogen-bond acceptors (Lipinski definition) is 7. The number of aliphatic imine (C=N–C) groups is 1. The maximum absolute atomic E-state index is 13.5. The fraction of sp³-hybridized carbons (Fsp3) is 0.583. The number of fused-ring (bicyclic) bond motifs is 1. The maximum Gasteiger partial charge on any atom is 0.266 e. The van der Waals surface area contributed by atoms with Gasteiger partial charge in [0.25, 0.3) is 5.89 Å². The lowest BCUT2D eigenvalue weighted by Crippen LogP contribution is -2.50. The minimum atomic E-state index is -3.61. The minimum absolute atomic E-state index is 0.0200. The van der Waals surface area contributed by atoms with E-state index in [0.29, 0.717) is 17.5 Å². The minimum Gasteiger partial charge on any atom is -0.434 e. The lowest BCUT2D eigenvalue weighted by atomic mass is 9.83. The van der Waals surface area contributed by atoms with Crippen molar-refractivity contribution in [2.45, 2.75) is 77.4 Å². The van der Waals surface area contributed by atoms with Crippen molar-refractivity contribution >= 4 is 38.8 Å². The van der Waals surface area contributed by atoms with E-state index in [1.807, 2.05) is 13.8 Å². The van der Waals surface area contributed by atoms with Gasteiger partial charge in [-0.1, -0.05) is 38.3 Å². The van der Waals surface area contributed by atoms with E-state index in [1.165, 1.54) is 0 Å². The van der Waals surface area contributed by atoms with E-state index in [2.05, 4.69) is 25.3 Å². The van der Waals surface area contributed by atoms with Gasteiger partial charge >= 0.3 is 0 Å². The van der Waals surface area contributed by atoms with E-state index in [-0.39, 0.29) is 23.8 Å². The summed E-state index contributed by atoms with van der Waals surface area (Å²) >= 11 is 0. The van der Waals surface area contributed by atoms with Crippen molar-refractivity contribution in [2.75, 3.05) is 6.26 Å². The third kappa shape index (κ3) is 7.51. The normalized spacial score (nSPS) is 17.2. The highest BCUT2D eigenvalue weighted by atomic mass is 32.2. The van der Waals surface area contributed by atoms with Crippen LogP contribution < -0.4 is 15.4 Å². The number of Topliss-reactive ketones (excluding diaryl/α,β-unsaturated/α-hetero) is 1. The Balaban J connectivity index is 1.86. The molecule has 1 amide bonds. The Morgan fingerprint density at radius 1 is 1.14 bits per heavy atom.